The second-order valence-corrected chi connectivity index (χ2v) is 3.89. The van der Waals surface area contributed by atoms with Crippen molar-refractivity contribution in [2.24, 2.45) is 0 Å². The van der Waals surface area contributed by atoms with Crippen molar-refractivity contribution >= 4 is 24.3 Å². The highest BCUT2D eigenvalue weighted by molar-refractivity contribution is 7.80. The van der Waals surface area contributed by atoms with Gasteiger partial charge >= 0.3 is 5.97 Å². The van der Waals surface area contributed by atoms with Crippen LogP contribution in [0.15, 0.2) is 18.2 Å². The predicted molar refractivity (Wildman–Crippen MR) is 69.8 cm³/mol. The largest absolute Gasteiger partial charge is 0.481 e. The Morgan fingerprint density at radius 3 is 2.78 bits per heavy atom. The fourth-order valence-corrected chi connectivity index (χ4v) is 1.46. The third-order valence-electron chi connectivity index (χ3n) is 2.09. The molecular formula is C12H11NO4S. The first-order chi connectivity index (χ1) is 8.54. The van der Waals surface area contributed by atoms with Gasteiger partial charge in [0.15, 0.2) is 0 Å². The Balaban J connectivity index is 3.08. The molecule has 94 valence electrons. The van der Waals surface area contributed by atoms with Crippen LogP contribution in [-0.2, 0) is 11.2 Å². The molecule has 1 rings (SSSR count). The lowest BCUT2D eigenvalue weighted by Gasteiger charge is -2.00. The Bertz CT molecular complexity index is 531. The highest BCUT2D eigenvalue weighted by Crippen LogP contribution is 2.20. The summed E-state index contributed by atoms with van der Waals surface area (Å²) in [5.41, 5.74) is 0.458. The number of nitro groups is 1. The number of hydrogen-bond donors (Lipinski definition) is 2. The van der Waals surface area contributed by atoms with Gasteiger partial charge in [-0.2, -0.15) is 12.6 Å². The maximum Gasteiger partial charge on any atom is 0.308 e. The zero-order valence-electron chi connectivity index (χ0n) is 9.42. The van der Waals surface area contributed by atoms with Crippen LogP contribution in [0.25, 0.3) is 0 Å². The van der Waals surface area contributed by atoms with Crippen LogP contribution in [-0.4, -0.2) is 21.8 Å². The van der Waals surface area contributed by atoms with E-state index < -0.39 is 10.9 Å². The Hall–Kier alpha value is -2.00. The number of nitro benzene ring substituents is 1. The van der Waals surface area contributed by atoms with E-state index in [-0.39, 0.29) is 17.7 Å². The number of benzene rings is 1. The monoisotopic (exact) mass is 265 g/mol. The van der Waals surface area contributed by atoms with Gasteiger partial charge in [-0.05, 0) is 6.07 Å². The number of rotatable bonds is 4. The molecule has 0 radical (unpaired) electrons. The summed E-state index contributed by atoms with van der Waals surface area (Å²) in [6, 6.07) is 4.30. The van der Waals surface area contributed by atoms with E-state index in [2.05, 4.69) is 24.5 Å². The lowest BCUT2D eigenvalue weighted by molar-refractivity contribution is -0.385. The van der Waals surface area contributed by atoms with E-state index in [1.54, 1.807) is 6.07 Å². The van der Waals surface area contributed by atoms with Gasteiger partial charge in [0.2, 0.25) is 0 Å². The average molecular weight is 265 g/mol. The number of thiol groups is 1. The highest BCUT2D eigenvalue weighted by Gasteiger charge is 2.16. The topological polar surface area (TPSA) is 80.4 Å². The van der Waals surface area contributed by atoms with Gasteiger partial charge in [-0.1, -0.05) is 17.9 Å². The first-order valence-corrected chi connectivity index (χ1v) is 5.76. The molecule has 0 saturated carbocycles. The number of carbonyl (C=O) groups is 1. The van der Waals surface area contributed by atoms with Crippen molar-refractivity contribution in [3.63, 3.8) is 0 Å². The summed E-state index contributed by atoms with van der Waals surface area (Å²) in [7, 11) is 0. The average Bonchev–Trinajstić information content (AvgIpc) is 2.30. The molecule has 0 amide bonds. The molecular weight excluding hydrogens is 254 g/mol. The van der Waals surface area contributed by atoms with Crippen LogP contribution in [0, 0.1) is 22.0 Å². The molecule has 0 aliphatic rings. The second kappa shape index (κ2) is 6.67. The lowest BCUT2D eigenvalue weighted by Crippen LogP contribution is -2.04. The van der Waals surface area contributed by atoms with Gasteiger partial charge in [0.1, 0.15) is 0 Å². The molecule has 6 heteroatoms. The maximum absolute atomic E-state index is 10.8. The molecule has 0 aromatic heterocycles. The second-order valence-electron chi connectivity index (χ2n) is 3.45. The summed E-state index contributed by atoms with van der Waals surface area (Å²) < 4.78 is 0. The van der Waals surface area contributed by atoms with Crippen molar-refractivity contribution in [2.45, 2.75) is 12.8 Å². The van der Waals surface area contributed by atoms with Crippen molar-refractivity contribution in [2.75, 3.05) is 5.75 Å². The van der Waals surface area contributed by atoms with E-state index in [0.717, 1.165) is 0 Å². The van der Waals surface area contributed by atoms with E-state index in [1.165, 1.54) is 12.1 Å². The summed E-state index contributed by atoms with van der Waals surface area (Å²) in [6.07, 6.45) is 0.217. The minimum Gasteiger partial charge on any atom is -0.481 e. The summed E-state index contributed by atoms with van der Waals surface area (Å²) in [5, 5.41) is 19.5. The SMILES string of the molecule is O=C(O)Cc1ccc(C#CCCS)cc1[N+](=O)[O-]. The quantitative estimate of drug-likeness (QED) is 0.377. The van der Waals surface area contributed by atoms with Gasteiger partial charge in [0.25, 0.3) is 5.69 Å². The fourth-order valence-electron chi connectivity index (χ4n) is 1.34. The molecule has 0 saturated heterocycles. The van der Waals surface area contributed by atoms with Crippen LogP contribution in [0.3, 0.4) is 0 Å². The van der Waals surface area contributed by atoms with Crippen LogP contribution in [0.2, 0.25) is 0 Å². The van der Waals surface area contributed by atoms with Gasteiger partial charge < -0.3 is 5.11 Å². The minimum atomic E-state index is -1.10. The Morgan fingerprint density at radius 1 is 1.50 bits per heavy atom. The van der Waals surface area contributed by atoms with Crippen molar-refractivity contribution < 1.29 is 14.8 Å². The maximum atomic E-state index is 10.8. The number of carboxylic acid groups (broad SMARTS) is 1. The molecule has 0 bridgehead atoms. The Labute approximate surface area is 109 Å². The molecule has 5 nitrogen and oxygen atoms in total. The third kappa shape index (κ3) is 4.11. The lowest BCUT2D eigenvalue weighted by atomic mass is 10.1. The van der Waals surface area contributed by atoms with Crippen LogP contribution in [0.4, 0.5) is 5.69 Å². The van der Waals surface area contributed by atoms with Crippen molar-refractivity contribution in [1.29, 1.82) is 0 Å². The minimum absolute atomic E-state index is 0.173. The first-order valence-electron chi connectivity index (χ1n) is 5.13. The van der Waals surface area contributed by atoms with E-state index in [4.69, 9.17) is 5.11 Å². The molecule has 0 unspecified atom stereocenters. The Kier molecular flexibility index (Phi) is 5.21. The fraction of sp³-hybridized carbons (Fsp3) is 0.250. The molecule has 0 heterocycles. The van der Waals surface area contributed by atoms with E-state index in [9.17, 15) is 14.9 Å². The van der Waals surface area contributed by atoms with Gasteiger partial charge in [-0.25, -0.2) is 0 Å². The zero-order chi connectivity index (χ0) is 13.5. The molecule has 1 aromatic rings. The third-order valence-corrected chi connectivity index (χ3v) is 2.32. The number of carboxylic acids is 1. The van der Waals surface area contributed by atoms with E-state index in [0.29, 0.717) is 17.7 Å². The molecule has 0 aliphatic carbocycles. The molecule has 0 fully saturated rings. The first kappa shape index (κ1) is 14.1. The number of aliphatic carboxylic acids is 1. The smallest absolute Gasteiger partial charge is 0.308 e. The molecule has 1 N–H and O–H groups in total. The predicted octanol–water partition coefficient (Wildman–Crippen LogP) is 1.89. The molecule has 0 aliphatic heterocycles. The molecule has 1 aromatic carbocycles. The van der Waals surface area contributed by atoms with Gasteiger partial charge in [0.05, 0.1) is 11.3 Å². The Morgan fingerprint density at radius 2 is 2.22 bits per heavy atom. The van der Waals surface area contributed by atoms with Crippen molar-refractivity contribution in [1.82, 2.24) is 0 Å². The summed E-state index contributed by atoms with van der Waals surface area (Å²) in [5.74, 6) is 5.10. The molecule has 18 heavy (non-hydrogen) atoms. The standard InChI is InChI=1S/C12H11NO4S/c14-12(15)8-10-5-4-9(3-1-2-6-18)7-11(10)13(16)17/h4-5,7,18H,2,6,8H2,(H,14,15). The number of nitrogens with zero attached hydrogens (tertiary/aromatic N) is 1. The summed E-state index contributed by atoms with van der Waals surface area (Å²) in [4.78, 5) is 20.8. The van der Waals surface area contributed by atoms with Crippen molar-refractivity contribution in [3.05, 3.63) is 39.4 Å². The van der Waals surface area contributed by atoms with Crippen LogP contribution < -0.4 is 0 Å². The van der Waals surface area contributed by atoms with Gasteiger partial charge in [0, 0.05) is 29.4 Å². The number of hydrogen-bond acceptors (Lipinski definition) is 4. The summed E-state index contributed by atoms with van der Waals surface area (Å²) >= 11 is 4.00. The normalized spacial score (nSPS) is 9.39. The van der Waals surface area contributed by atoms with Crippen LogP contribution in [0.1, 0.15) is 17.5 Å². The van der Waals surface area contributed by atoms with Crippen LogP contribution >= 0.6 is 12.6 Å². The molecule has 0 spiro atoms. The van der Waals surface area contributed by atoms with E-state index >= 15 is 0 Å². The highest BCUT2D eigenvalue weighted by atomic mass is 32.1. The molecule has 0 atom stereocenters. The zero-order valence-corrected chi connectivity index (χ0v) is 10.3. The van der Waals surface area contributed by atoms with Gasteiger partial charge in [-0.15, -0.1) is 0 Å². The van der Waals surface area contributed by atoms with Crippen LogP contribution in [0.5, 0.6) is 0 Å². The van der Waals surface area contributed by atoms with Gasteiger partial charge in [-0.3, -0.25) is 14.9 Å². The van der Waals surface area contributed by atoms with Crippen molar-refractivity contribution in [3.8, 4) is 11.8 Å². The summed E-state index contributed by atoms with van der Waals surface area (Å²) in [6.45, 7) is 0. The van der Waals surface area contributed by atoms with E-state index in [1.807, 2.05) is 0 Å².